The van der Waals surface area contributed by atoms with Gasteiger partial charge in [-0.3, -0.25) is 14.6 Å². The average Bonchev–Trinajstić information content (AvgIpc) is 2.15. The van der Waals surface area contributed by atoms with Crippen molar-refractivity contribution in [3.05, 3.63) is 29.6 Å². The van der Waals surface area contributed by atoms with Gasteiger partial charge in [0.25, 0.3) is 11.8 Å². The van der Waals surface area contributed by atoms with Gasteiger partial charge in [0.15, 0.2) is 0 Å². The SMILES string of the molecule is NC(=O)c1[c]c(C(=O)N2CCC2)ccn1. The van der Waals surface area contributed by atoms with Crippen LogP contribution >= 0.6 is 0 Å². The number of carbonyl (C=O) groups is 2. The minimum absolute atomic E-state index is 0.00127. The van der Waals surface area contributed by atoms with Gasteiger partial charge in [-0.2, -0.15) is 0 Å². The first-order valence-electron chi connectivity index (χ1n) is 4.66. The van der Waals surface area contributed by atoms with Gasteiger partial charge in [-0.05, 0) is 12.5 Å². The van der Waals surface area contributed by atoms with Crippen molar-refractivity contribution in [1.29, 1.82) is 0 Å². The van der Waals surface area contributed by atoms with E-state index in [4.69, 9.17) is 5.73 Å². The van der Waals surface area contributed by atoms with E-state index < -0.39 is 5.91 Å². The first-order valence-corrected chi connectivity index (χ1v) is 4.66. The summed E-state index contributed by atoms with van der Waals surface area (Å²) >= 11 is 0. The Balaban J connectivity index is 2.23. The summed E-state index contributed by atoms with van der Waals surface area (Å²) in [5.41, 5.74) is 5.39. The summed E-state index contributed by atoms with van der Waals surface area (Å²) in [7, 11) is 0. The summed E-state index contributed by atoms with van der Waals surface area (Å²) in [5.74, 6) is -0.792. The lowest BCUT2D eigenvalue weighted by Crippen LogP contribution is -2.42. The molecule has 15 heavy (non-hydrogen) atoms. The quantitative estimate of drug-likeness (QED) is 0.726. The van der Waals surface area contributed by atoms with Crippen molar-refractivity contribution in [2.75, 3.05) is 13.1 Å². The second-order valence-corrected chi connectivity index (χ2v) is 3.34. The van der Waals surface area contributed by atoms with Crippen LogP contribution in [0.2, 0.25) is 0 Å². The molecule has 1 aliphatic rings. The van der Waals surface area contributed by atoms with E-state index in [0.717, 1.165) is 19.5 Å². The van der Waals surface area contributed by atoms with Crippen LogP contribution in [-0.4, -0.2) is 34.8 Å². The highest BCUT2D eigenvalue weighted by atomic mass is 16.2. The number of nitrogens with zero attached hydrogens (tertiary/aromatic N) is 2. The topological polar surface area (TPSA) is 76.3 Å². The van der Waals surface area contributed by atoms with Crippen LogP contribution in [0.15, 0.2) is 12.3 Å². The van der Waals surface area contributed by atoms with E-state index in [0.29, 0.717) is 5.56 Å². The predicted octanol–water partition coefficient (Wildman–Crippen LogP) is -0.173. The fourth-order valence-corrected chi connectivity index (χ4v) is 1.33. The zero-order chi connectivity index (χ0) is 10.8. The fraction of sp³-hybridized carbons (Fsp3) is 0.300. The van der Waals surface area contributed by atoms with Gasteiger partial charge in [-0.1, -0.05) is 0 Å². The molecule has 77 valence electrons. The number of likely N-dealkylation sites (tertiary alicyclic amines) is 1. The molecule has 2 N–H and O–H groups in total. The third kappa shape index (κ3) is 1.81. The monoisotopic (exact) mass is 204 g/mol. The van der Waals surface area contributed by atoms with Crippen molar-refractivity contribution < 1.29 is 9.59 Å². The first kappa shape index (κ1) is 9.64. The molecule has 0 atom stereocenters. The number of primary amides is 1. The van der Waals surface area contributed by atoms with Gasteiger partial charge in [-0.15, -0.1) is 0 Å². The second kappa shape index (κ2) is 3.68. The normalized spacial score (nSPS) is 14.5. The van der Waals surface area contributed by atoms with Crippen molar-refractivity contribution in [1.82, 2.24) is 9.88 Å². The van der Waals surface area contributed by atoms with Crippen LogP contribution in [0.3, 0.4) is 0 Å². The zero-order valence-electron chi connectivity index (χ0n) is 8.06. The molecular weight excluding hydrogens is 194 g/mol. The Morgan fingerprint density at radius 2 is 2.20 bits per heavy atom. The van der Waals surface area contributed by atoms with Crippen LogP contribution in [0, 0.1) is 6.07 Å². The van der Waals surface area contributed by atoms with E-state index >= 15 is 0 Å². The summed E-state index contributed by atoms with van der Waals surface area (Å²) in [6.07, 6.45) is 2.42. The Kier molecular flexibility index (Phi) is 2.37. The number of rotatable bonds is 2. The molecule has 0 spiro atoms. The summed E-state index contributed by atoms with van der Waals surface area (Å²) < 4.78 is 0. The summed E-state index contributed by atoms with van der Waals surface area (Å²) in [6, 6.07) is 4.15. The Morgan fingerprint density at radius 1 is 1.47 bits per heavy atom. The van der Waals surface area contributed by atoms with Crippen molar-refractivity contribution in [3.63, 3.8) is 0 Å². The van der Waals surface area contributed by atoms with Crippen molar-refractivity contribution in [2.24, 2.45) is 5.73 Å². The van der Waals surface area contributed by atoms with E-state index in [2.05, 4.69) is 11.1 Å². The smallest absolute Gasteiger partial charge is 0.267 e. The number of nitrogens with two attached hydrogens (primary N) is 1. The largest absolute Gasteiger partial charge is 0.364 e. The van der Waals surface area contributed by atoms with Crippen molar-refractivity contribution in [3.8, 4) is 0 Å². The Morgan fingerprint density at radius 3 is 2.73 bits per heavy atom. The second-order valence-electron chi connectivity index (χ2n) is 3.34. The lowest BCUT2D eigenvalue weighted by atomic mass is 10.1. The lowest BCUT2D eigenvalue weighted by Gasteiger charge is -2.30. The number of carbonyl (C=O) groups excluding carboxylic acids is 2. The molecule has 2 heterocycles. The van der Waals surface area contributed by atoms with Crippen molar-refractivity contribution in [2.45, 2.75) is 6.42 Å². The molecule has 5 nitrogen and oxygen atoms in total. The number of aromatic nitrogens is 1. The average molecular weight is 204 g/mol. The maximum atomic E-state index is 11.7. The number of amides is 2. The fourth-order valence-electron chi connectivity index (χ4n) is 1.33. The number of pyridine rings is 1. The zero-order valence-corrected chi connectivity index (χ0v) is 8.06. The molecule has 1 radical (unpaired) electrons. The van der Waals surface area contributed by atoms with Gasteiger partial charge in [0.2, 0.25) is 0 Å². The maximum absolute atomic E-state index is 11.7. The van der Waals surface area contributed by atoms with Crippen LogP contribution in [-0.2, 0) is 0 Å². The van der Waals surface area contributed by atoms with Crippen LogP contribution in [0.1, 0.15) is 27.3 Å². The Labute approximate surface area is 86.9 Å². The van der Waals surface area contributed by atoms with E-state index in [9.17, 15) is 9.59 Å². The van der Waals surface area contributed by atoms with Gasteiger partial charge in [0.1, 0.15) is 5.69 Å². The minimum Gasteiger partial charge on any atom is -0.364 e. The summed E-state index contributed by atoms with van der Waals surface area (Å²) in [6.45, 7) is 1.53. The van der Waals surface area contributed by atoms with Gasteiger partial charge < -0.3 is 10.6 Å². The molecule has 1 aromatic heterocycles. The molecule has 0 bridgehead atoms. The third-order valence-electron chi connectivity index (χ3n) is 2.30. The van der Waals surface area contributed by atoms with Crippen LogP contribution in [0.5, 0.6) is 0 Å². The van der Waals surface area contributed by atoms with E-state index in [1.807, 2.05) is 0 Å². The molecule has 1 aromatic rings. The van der Waals surface area contributed by atoms with Crippen LogP contribution in [0.25, 0.3) is 0 Å². The number of hydrogen-bond donors (Lipinski definition) is 1. The molecule has 1 saturated heterocycles. The molecule has 5 heteroatoms. The highest BCUT2D eigenvalue weighted by Crippen LogP contribution is 2.12. The van der Waals surface area contributed by atoms with Crippen LogP contribution < -0.4 is 5.73 Å². The minimum atomic E-state index is -0.673. The predicted molar refractivity (Wildman–Crippen MR) is 52.1 cm³/mol. The highest BCUT2D eigenvalue weighted by Gasteiger charge is 2.22. The summed E-state index contributed by atoms with van der Waals surface area (Å²) in [5, 5.41) is 0. The van der Waals surface area contributed by atoms with Gasteiger partial charge >= 0.3 is 0 Å². The highest BCUT2D eigenvalue weighted by molar-refractivity contribution is 5.97. The maximum Gasteiger partial charge on any atom is 0.267 e. The standard InChI is InChI=1S/C10H10N3O2/c11-9(14)8-6-7(2-3-12-8)10(15)13-4-1-5-13/h2-3H,1,4-5H2,(H2,11,14). The molecular formula is C10H10N3O2. The third-order valence-corrected chi connectivity index (χ3v) is 2.30. The van der Waals surface area contributed by atoms with Gasteiger partial charge in [-0.25, -0.2) is 0 Å². The molecule has 0 aliphatic carbocycles. The van der Waals surface area contributed by atoms with Gasteiger partial charge in [0, 0.05) is 25.4 Å². The molecule has 1 aliphatic heterocycles. The lowest BCUT2D eigenvalue weighted by molar-refractivity contribution is 0.0651. The van der Waals surface area contributed by atoms with E-state index in [1.54, 1.807) is 4.90 Å². The van der Waals surface area contributed by atoms with Gasteiger partial charge in [0.05, 0.1) is 5.56 Å². The molecule has 0 saturated carbocycles. The number of hydrogen-bond acceptors (Lipinski definition) is 3. The Hall–Kier alpha value is -1.91. The van der Waals surface area contributed by atoms with E-state index in [1.165, 1.54) is 12.3 Å². The molecule has 2 rings (SSSR count). The van der Waals surface area contributed by atoms with E-state index in [-0.39, 0.29) is 11.6 Å². The van der Waals surface area contributed by atoms with Crippen molar-refractivity contribution >= 4 is 11.8 Å². The molecule has 1 fully saturated rings. The first-order chi connectivity index (χ1) is 7.18. The molecule has 2 amide bonds. The van der Waals surface area contributed by atoms with Crippen LogP contribution in [0.4, 0.5) is 0 Å². The molecule has 0 unspecified atom stereocenters. The Bertz CT molecular complexity index is 413. The summed E-state index contributed by atoms with van der Waals surface area (Å²) in [4.78, 5) is 28.0. The molecule has 0 aromatic carbocycles.